The van der Waals surface area contributed by atoms with Crippen LogP contribution in [0.5, 0.6) is 0 Å². The van der Waals surface area contributed by atoms with Gasteiger partial charge in [0.15, 0.2) is 6.10 Å². The molecule has 2 unspecified atom stereocenters. The predicted octanol–water partition coefficient (Wildman–Crippen LogP) is 23.0. The molecule has 0 radical (unpaired) electrons. The summed E-state index contributed by atoms with van der Waals surface area (Å²) in [6.45, 7) is 4.34. The van der Waals surface area contributed by atoms with Crippen molar-refractivity contribution in [2.75, 3.05) is 47.5 Å². The van der Waals surface area contributed by atoms with E-state index < -0.39 is 26.5 Å². The molecule has 10 heteroatoms. The fourth-order valence-corrected chi connectivity index (χ4v) is 10.4. The number of esters is 2. The topological polar surface area (TPSA) is 108 Å². The second-order valence-electron chi connectivity index (χ2n) is 24.5. The fraction of sp³-hybridized carbons (Fsp3) is 0.711. The molecule has 0 aliphatic rings. The quantitative estimate of drug-likeness (QED) is 0.0211. The molecule has 0 amide bonds. The van der Waals surface area contributed by atoms with E-state index in [4.69, 9.17) is 18.5 Å². The molecule has 0 fully saturated rings. The number of likely N-dealkylation sites (N-methyl/N-ethyl adjacent to an activating group) is 1. The monoisotopic (exact) mass is 1220 g/mol. The van der Waals surface area contributed by atoms with Crippen molar-refractivity contribution < 1.29 is 42.1 Å². The minimum absolute atomic E-state index is 0.0277. The zero-order valence-electron chi connectivity index (χ0n) is 56.3. The van der Waals surface area contributed by atoms with Gasteiger partial charge in [0.1, 0.15) is 19.8 Å². The SMILES string of the molecule is CC/C=C\C/C=C\C/C=C\C/C=C\C/C=C\C/C=C\C/C=C\C/C=C\C/C=C\C/C=C\CCCCCCCCCCCCC(=O)OC(COC(=O)CCCCCCCCCCCCCCCCCCCCCCC)COP(=O)(O)OCC[N+](C)(C)C. The van der Waals surface area contributed by atoms with E-state index in [0.717, 1.165) is 109 Å². The number of hydrogen-bond acceptors (Lipinski definition) is 7. The molecule has 494 valence electrons. The molecule has 0 saturated heterocycles. The van der Waals surface area contributed by atoms with E-state index in [0.29, 0.717) is 17.4 Å². The van der Waals surface area contributed by atoms with Gasteiger partial charge in [-0.15, -0.1) is 0 Å². The highest BCUT2D eigenvalue weighted by Gasteiger charge is 2.27. The van der Waals surface area contributed by atoms with Crippen LogP contribution in [0.1, 0.15) is 296 Å². The Labute approximate surface area is 530 Å². The van der Waals surface area contributed by atoms with Crippen LogP contribution in [0.25, 0.3) is 0 Å². The highest BCUT2D eigenvalue weighted by atomic mass is 31.2. The third kappa shape index (κ3) is 69.5. The number of phosphoric acid groups is 1. The summed E-state index contributed by atoms with van der Waals surface area (Å²) in [5, 5.41) is 0. The van der Waals surface area contributed by atoms with Gasteiger partial charge < -0.3 is 18.9 Å². The maximum absolute atomic E-state index is 12.9. The highest BCUT2D eigenvalue weighted by molar-refractivity contribution is 7.47. The van der Waals surface area contributed by atoms with Gasteiger partial charge in [0, 0.05) is 12.8 Å². The second kappa shape index (κ2) is 65.8. The Hall–Kier alpha value is -3.59. The third-order valence-electron chi connectivity index (χ3n) is 15.0. The Balaban J connectivity index is 4.07. The van der Waals surface area contributed by atoms with Crippen molar-refractivity contribution in [2.24, 2.45) is 0 Å². The zero-order valence-corrected chi connectivity index (χ0v) is 57.2. The van der Waals surface area contributed by atoms with Crippen LogP contribution < -0.4 is 0 Å². The second-order valence-corrected chi connectivity index (χ2v) is 26.0. The van der Waals surface area contributed by atoms with Crippen molar-refractivity contribution in [3.05, 3.63) is 122 Å². The minimum Gasteiger partial charge on any atom is -0.462 e. The summed E-state index contributed by atoms with van der Waals surface area (Å²) in [6, 6.07) is 0. The minimum atomic E-state index is -4.40. The molecule has 0 saturated carbocycles. The van der Waals surface area contributed by atoms with Gasteiger partial charge in [-0.2, -0.15) is 0 Å². The summed E-state index contributed by atoms with van der Waals surface area (Å²) < 4.78 is 34.7. The standard InChI is InChI=1S/C76H132NO8P/c1-6-8-10-12-14-16-18-20-22-24-26-28-29-30-31-32-33-34-35-36-37-38-39-40-41-42-43-44-45-46-47-49-51-53-55-57-59-61-63-65-67-69-76(79)85-74(73-84-86(80,81)83-71-70-77(3,4)5)72-82-75(78)68-66-64-62-60-58-56-54-52-50-48-27-25-23-21-19-17-15-13-11-9-7-2/h8,10,14,16,20,22,26,28,30-31,33-34,36-37,39-40,42-43,45-46,74H,6-7,9,11-13,15,17-19,21,23-25,27,29,32,35,38,41,44,47-73H2,1-5H3/p+1/b10-8-,16-14-,22-20-,28-26-,31-30-,34-33-,37-36-,40-39-,43-42-,46-45-. The molecule has 86 heavy (non-hydrogen) atoms. The molecular formula is C76H133NO8P+. The molecule has 0 aromatic rings. The van der Waals surface area contributed by atoms with Crippen molar-refractivity contribution in [2.45, 2.75) is 302 Å². The molecule has 0 spiro atoms. The Kier molecular flexibility index (Phi) is 63.1. The number of nitrogens with zero attached hydrogens (tertiary/aromatic N) is 1. The van der Waals surface area contributed by atoms with Crippen LogP contribution >= 0.6 is 7.82 Å². The lowest BCUT2D eigenvalue weighted by Crippen LogP contribution is -2.37. The Morgan fingerprint density at radius 3 is 0.988 bits per heavy atom. The van der Waals surface area contributed by atoms with Gasteiger partial charge in [-0.3, -0.25) is 18.6 Å². The largest absolute Gasteiger partial charge is 0.472 e. The first-order valence-electron chi connectivity index (χ1n) is 35.3. The van der Waals surface area contributed by atoms with Gasteiger partial charge in [-0.1, -0.05) is 315 Å². The van der Waals surface area contributed by atoms with Crippen LogP contribution in [0.15, 0.2) is 122 Å². The van der Waals surface area contributed by atoms with Crippen LogP contribution in [-0.2, 0) is 32.7 Å². The molecule has 0 bridgehead atoms. The third-order valence-corrected chi connectivity index (χ3v) is 16.0. The molecule has 0 aromatic heterocycles. The number of carbonyl (C=O) groups is 2. The molecule has 9 nitrogen and oxygen atoms in total. The molecular weight excluding hydrogens is 1090 g/mol. The summed E-state index contributed by atoms with van der Waals surface area (Å²) in [7, 11) is 1.47. The van der Waals surface area contributed by atoms with E-state index in [2.05, 4.69) is 135 Å². The van der Waals surface area contributed by atoms with Crippen molar-refractivity contribution in [1.29, 1.82) is 0 Å². The van der Waals surface area contributed by atoms with Gasteiger partial charge >= 0.3 is 19.8 Å². The summed E-state index contributed by atoms with van der Waals surface area (Å²) in [5.41, 5.74) is 0. The number of quaternary nitrogens is 1. The number of carbonyl (C=O) groups excluding carboxylic acids is 2. The van der Waals surface area contributed by atoms with Crippen LogP contribution in [0.2, 0.25) is 0 Å². The molecule has 0 rings (SSSR count). The van der Waals surface area contributed by atoms with Crippen LogP contribution in [0.3, 0.4) is 0 Å². The predicted molar refractivity (Wildman–Crippen MR) is 371 cm³/mol. The van der Waals surface area contributed by atoms with Crippen LogP contribution in [0.4, 0.5) is 0 Å². The lowest BCUT2D eigenvalue weighted by Gasteiger charge is -2.24. The highest BCUT2D eigenvalue weighted by Crippen LogP contribution is 2.43. The molecule has 0 aromatic carbocycles. The summed E-state index contributed by atoms with van der Waals surface area (Å²) in [4.78, 5) is 35.8. The van der Waals surface area contributed by atoms with Gasteiger partial charge in [-0.25, -0.2) is 4.57 Å². The first-order valence-corrected chi connectivity index (χ1v) is 36.8. The lowest BCUT2D eigenvalue weighted by molar-refractivity contribution is -0.870. The maximum Gasteiger partial charge on any atom is 0.472 e. The molecule has 0 aliphatic carbocycles. The summed E-state index contributed by atoms with van der Waals surface area (Å²) in [5.74, 6) is -0.796. The fourth-order valence-electron chi connectivity index (χ4n) is 9.63. The Morgan fingerprint density at radius 1 is 0.372 bits per heavy atom. The molecule has 0 heterocycles. The van der Waals surface area contributed by atoms with E-state index in [1.807, 2.05) is 21.1 Å². The number of hydrogen-bond donors (Lipinski definition) is 1. The number of unbranched alkanes of at least 4 members (excludes halogenated alkanes) is 30. The molecule has 2 atom stereocenters. The van der Waals surface area contributed by atoms with E-state index in [-0.39, 0.29) is 32.0 Å². The van der Waals surface area contributed by atoms with Crippen molar-refractivity contribution in [3.63, 3.8) is 0 Å². The smallest absolute Gasteiger partial charge is 0.462 e. The van der Waals surface area contributed by atoms with Crippen LogP contribution in [0, 0.1) is 0 Å². The zero-order chi connectivity index (χ0) is 62.6. The van der Waals surface area contributed by atoms with E-state index in [1.165, 1.54) is 154 Å². The Bertz CT molecular complexity index is 1870. The normalized spacial score (nSPS) is 13.9. The molecule has 0 aliphatic heterocycles. The van der Waals surface area contributed by atoms with Gasteiger partial charge in [0.25, 0.3) is 0 Å². The average Bonchev–Trinajstić information content (AvgIpc) is 3.70. The average molecular weight is 1220 g/mol. The number of phosphoric ester groups is 1. The number of rotatable bonds is 64. The maximum atomic E-state index is 12.9. The van der Waals surface area contributed by atoms with Crippen molar-refractivity contribution >= 4 is 19.8 Å². The van der Waals surface area contributed by atoms with Crippen molar-refractivity contribution in [1.82, 2.24) is 0 Å². The van der Waals surface area contributed by atoms with Crippen molar-refractivity contribution in [3.8, 4) is 0 Å². The van der Waals surface area contributed by atoms with E-state index in [9.17, 15) is 19.0 Å². The van der Waals surface area contributed by atoms with E-state index in [1.54, 1.807) is 0 Å². The summed E-state index contributed by atoms with van der Waals surface area (Å²) in [6.07, 6.45) is 94.4. The number of ether oxygens (including phenoxy) is 2. The van der Waals surface area contributed by atoms with E-state index >= 15 is 0 Å². The first-order chi connectivity index (χ1) is 42.0. The van der Waals surface area contributed by atoms with Gasteiger partial charge in [0.2, 0.25) is 0 Å². The number of allylic oxidation sites excluding steroid dienone is 20. The van der Waals surface area contributed by atoms with Gasteiger partial charge in [0.05, 0.1) is 27.7 Å². The van der Waals surface area contributed by atoms with Gasteiger partial charge in [-0.05, 0) is 89.9 Å². The first kappa shape index (κ1) is 82.4. The van der Waals surface area contributed by atoms with Crippen LogP contribution in [-0.4, -0.2) is 74.9 Å². The molecule has 1 N–H and O–H groups in total. The lowest BCUT2D eigenvalue weighted by atomic mass is 10.0. The Morgan fingerprint density at radius 2 is 0.663 bits per heavy atom. The summed E-state index contributed by atoms with van der Waals surface area (Å²) >= 11 is 0.